The molecule has 0 atom stereocenters. The van der Waals surface area contributed by atoms with Gasteiger partial charge in [0.05, 0.1) is 12.2 Å². The molecule has 1 aliphatic heterocycles. The number of amides is 3. The number of pyridine rings is 1. The minimum absolute atomic E-state index is 0.0106. The molecule has 0 radical (unpaired) electrons. The number of rotatable bonds is 3. The Labute approximate surface area is 144 Å². The smallest absolute Gasteiger partial charge is 0.321 e. The van der Waals surface area contributed by atoms with Gasteiger partial charge in [0.15, 0.2) is 5.13 Å². The van der Waals surface area contributed by atoms with Gasteiger partial charge in [0.2, 0.25) is 0 Å². The van der Waals surface area contributed by atoms with Crippen molar-refractivity contribution in [3.8, 4) is 0 Å². The van der Waals surface area contributed by atoms with Crippen molar-refractivity contribution in [3.63, 3.8) is 0 Å². The molecule has 0 fully saturated rings. The third-order valence-electron chi connectivity index (χ3n) is 3.59. The van der Waals surface area contributed by atoms with E-state index in [1.165, 1.54) is 11.3 Å². The van der Waals surface area contributed by atoms with E-state index in [0.717, 1.165) is 10.6 Å². The number of hydrogen-bond donors (Lipinski definition) is 2. The monoisotopic (exact) mass is 345 g/mol. The number of hydrogen-bond acceptors (Lipinski definition) is 5. The summed E-state index contributed by atoms with van der Waals surface area (Å²) in [5.74, 6) is -0.0106. The maximum atomic E-state index is 12.5. The topological polar surface area (TPSA) is 87.2 Å². The standard InChI is InChI=1S/C16H19N5O2S/c1-10(2)18-15(23)20-16-19-12-5-8-21(9-13(12)24-16)14(22)11-3-6-17-7-4-11/h3-4,6-7,10H,5,8-9H2,1-2H3,(H2,18,19,20,23). The van der Waals surface area contributed by atoms with Gasteiger partial charge < -0.3 is 10.2 Å². The Hall–Kier alpha value is -2.48. The summed E-state index contributed by atoms with van der Waals surface area (Å²) >= 11 is 1.42. The molecule has 8 heteroatoms. The second-order valence-corrected chi connectivity index (χ2v) is 6.94. The van der Waals surface area contributed by atoms with Gasteiger partial charge >= 0.3 is 6.03 Å². The van der Waals surface area contributed by atoms with Crippen molar-refractivity contribution in [1.29, 1.82) is 0 Å². The first-order valence-corrected chi connectivity index (χ1v) is 8.60. The van der Waals surface area contributed by atoms with E-state index in [4.69, 9.17) is 0 Å². The number of carbonyl (C=O) groups excluding carboxylic acids is 2. The molecular formula is C16H19N5O2S. The predicted molar refractivity (Wildman–Crippen MR) is 92.1 cm³/mol. The molecule has 0 aromatic carbocycles. The molecule has 1 aliphatic rings. The maximum Gasteiger partial charge on any atom is 0.321 e. The van der Waals surface area contributed by atoms with Gasteiger partial charge in [-0.05, 0) is 26.0 Å². The Bertz CT molecular complexity index is 744. The third-order valence-corrected chi connectivity index (χ3v) is 4.58. The average molecular weight is 345 g/mol. The number of nitrogens with zero attached hydrogens (tertiary/aromatic N) is 3. The molecule has 2 aromatic rings. The van der Waals surface area contributed by atoms with Crippen LogP contribution in [0.5, 0.6) is 0 Å². The van der Waals surface area contributed by atoms with E-state index in [1.54, 1.807) is 29.4 Å². The van der Waals surface area contributed by atoms with Crippen LogP contribution in [0.3, 0.4) is 0 Å². The lowest BCUT2D eigenvalue weighted by Gasteiger charge is -2.26. The molecule has 0 saturated carbocycles. The number of fused-ring (bicyclic) bond motifs is 1. The Morgan fingerprint density at radius 2 is 2.04 bits per heavy atom. The fourth-order valence-electron chi connectivity index (χ4n) is 2.49. The van der Waals surface area contributed by atoms with Crippen molar-refractivity contribution in [2.75, 3.05) is 11.9 Å². The van der Waals surface area contributed by atoms with Crippen LogP contribution in [-0.4, -0.2) is 39.4 Å². The summed E-state index contributed by atoms with van der Waals surface area (Å²) in [6, 6.07) is 3.23. The summed E-state index contributed by atoms with van der Waals surface area (Å²) in [7, 11) is 0. The number of anilines is 1. The lowest BCUT2D eigenvalue weighted by molar-refractivity contribution is 0.0736. The average Bonchev–Trinajstić information content (AvgIpc) is 2.95. The third kappa shape index (κ3) is 3.70. The highest BCUT2D eigenvalue weighted by atomic mass is 32.1. The highest BCUT2D eigenvalue weighted by molar-refractivity contribution is 7.15. The van der Waals surface area contributed by atoms with Gasteiger partial charge in [-0.3, -0.25) is 15.1 Å². The second kappa shape index (κ2) is 6.96. The molecule has 0 unspecified atom stereocenters. The van der Waals surface area contributed by atoms with Crippen molar-refractivity contribution < 1.29 is 9.59 Å². The fraction of sp³-hybridized carbons (Fsp3) is 0.375. The highest BCUT2D eigenvalue weighted by Crippen LogP contribution is 2.28. The van der Waals surface area contributed by atoms with Crippen molar-refractivity contribution >= 4 is 28.4 Å². The molecular weight excluding hydrogens is 326 g/mol. The fourth-order valence-corrected chi connectivity index (χ4v) is 3.51. The molecule has 7 nitrogen and oxygen atoms in total. The molecule has 126 valence electrons. The minimum Gasteiger partial charge on any atom is -0.336 e. The van der Waals surface area contributed by atoms with Gasteiger partial charge in [0.25, 0.3) is 5.91 Å². The molecule has 24 heavy (non-hydrogen) atoms. The maximum absolute atomic E-state index is 12.5. The van der Waals surface area contributed by atoms with E-state index in [-0.39, 0.29) is 18.0 Å². The van der Waals surface area contributed by atoms with Crippen LogP contribution < -0.4 is 10.6 Å². The zero-order chi connectivity index (χ0) is 17.1. The van der Waals surface area contributed by atoms with Gasteiger partial charge in [-0.15, -0.1) is 0 Å². The number of nitrogens with one attached hydrogen (secondary N) is 2. The second-order valence-electron chi connectivity index (χ2n) is 5.85. The zero-order valence-corrected chi connectivity index (χ0v) is 14.4. The molecule has 2 N–H and O–H groups in total. The van der Waals surface area contributed by atoms with Crippen LogP contribution in [-0.2, 0) is 13.0 Å². The van der Waals surface area contributed by atoms with Gasteiger partial charge in [-0.25, -0.2) is 9.78 Å². The van der Waals surface area contributed by atoms with Gasteiger partial charge in [-0.1, -0.05) is 11.3 Å². The number of urea groups is 1. The van der Waals surface area contributed by atoms with Crippen LogP contribution in [0, 0.1) is 0 Å². The molecule has 2 aromatic heterocycles. The van der Waals surface area contributed by atoms with E-state index in [1.807, 2.05) is 13.8 Å². The quantitative estimate of drug-likeness (QED) is 0.893. The summed E-state index contributed by atoms with van der Waals surface area (Å²) in [6.45, 7) is 4.93. The summed E-state index contributed by atoms with van der Waals surface area (Å²) in [5, 5.41) is 6.08. The Morgan fingerprint density at radius 3 is 2.75 bits per heavy atom. The molecule has 3 rings (SSSR count). The number of carbonyl (C=O) groups is 2. The Balaban J connectivity index is 1.68. The van der Waals surface area contributed by atoms with E-state index in [2.05, 4.69) is 20.6 Å². The van der Waals surface area contributed by atoms with Crippen LogP contribution >= 0.6 is 11.3 Å². The van der Waals surface area contributed by atoms with Crippen LogP contribution in [0.1, 0.15) is 34.8 Å². The van der Waals surface area contributed by atoms with Crippen molar-refractivity contribution in [1.82, 2.24) is 20.2 Å². The van der Waals surface area contributed by atoms with E-state index in [9.17, 15) is 9.59 Å². The molecule has 0 spiro atoms. The predicted octanol–water partition coefficient (Wildman–Crippen LogP) is 2.27. The Kier molecular flexibility index (Phi) is 4.75. The summed E-state index contributed by atoms with van der Waals surface area (Å²) in [6.07, 6.45) is 3.92. The first-order valence-electron chi connectivity index (χ1n) is 7.78. The SMILES string of the molecule is CC(C)NC(=O)Nc1nc2c(s1)CN(C(=O)c1ccncc1)CC2. The summed E-state index contributed by atoms with van der Waals surface area (Å²) < 4.78 is 0. The van der Waals surface area contributed by atoms with Crippen LogP contribution in [0.4, 0.5) is 9.93 Å². The van der Waals surface area contributed by atoms with Gasteiger partial charge in [0.1, 0.15) is 0 Å². The van der Waals surface area contributed by atoms with Crippen molar-refractivity contribution in [2.45, 2.75) is 32.9 Å². The molecule has 0 bridgehead atoms. The van der Waals surface area contributed by atoms with E-state index < -0.39 is 0 Å². The van der Waals surface area contributed by atoms with Crippen molar-refractivity contribution in [3.05, 3.63) is 40.7 Å². The first-order chi connectivity index (χ1) is 11.5. The molecule has 0 aliphatic carbocycles. The Morgan fingerprint density at radius 1 is 1.29 bits per heavy atom. The van der Waals surface area contributed by atoms with Gasteiger partial charge in [-0.2, -0.15) is 0 Å². The van der Waals surface area contributed by atoms with Gasteiger partial charge in [0, 0.05) is 41.8 Å². The highest BCUT2D eigenvalue weighted by Gasteiger charge is 2.25. The lowest BCUT2D eigenvalue weighted by atomic mass is 10.1. The van der Waals surface area contributed by atoms with Crippen LogP contribution in [0.25, 0.3) is 0 Å². The normalized spacial score (nSPS) is 13.5. The molecule has 3 heterocycles. The number of aromatic nitrogens is 2. The number of thiazole rings is 1. The van der Waals surface area contributed by atoms with Crippen molar-refractivity contribution in [2.24, 2.45) is 0 Å². The molecule has 3 amide bonds. The lowest BCUT2D eigenvalue weighted by Crippen LogP contribution is -2.35. The summed E-state index contributed by atoms with van der Waals surface area (Å²) in [4.78, 5) is 35.5. The first kappa shape index (κ1) is 16.4. The summed E-state index contributed by atoms with van der Waals surface area (Å²) in [5.41, 5.74) is 1.59. The molecule has 0 saturated heterocycles. The van der Waals surface area contributed by atoms with Crippen LogP contribution in [0.15, 0.2) is 24.5 Å². The minimum atomic E-state index is -0.263. The van der Waals surface area contributed by atoms with E-state index >= 15 is 0 Å². The largest absolute Gasteiger partial charge is 0.336 e. The zero-order valence-electron chi connectivity index (χ0n) is 13.6. The van der Waals surface area contributed by atoms with E-state index in [0.29, 0.717) is 30.2 Å². The van der Waals surface area contributed by atoms with Crippen LogP contribution in [0.2, 0.25) is 0 Å².